The number of para-hydroxylation sites is 3. The molecule has 0 saturated heterocycles. The molecule has 40 heavy (non-hydrogen) atoms. The summed E-state index contributed by atoms with van der Waals surface area (Å²) in [6.07, 6.45) is 0. The molecule has 0 atom stereocenters. The first-order valence-corrected chi connectivity index (χ1v) is 14.3. The molecular weight excluding hydrogens is 518 g/mol. The van der Waals surface area contributed by atoms with Crippen molar-refractivity contribution in [2.24, 2.45) is 5.14 Å². The van der Waals surface area contributed by atoms with Crippen molar-refractivity contribution in [1.29, 1.82) is 0 Å². The number of nitrogens with one attached hydrogen (secondary N) is 3. The van der Waals surface area contributed by atoms with E-state index in [4.69, 9.17) is 10.9 Å². The Hall–Kier alpha value is -4.79. The summed E-state index contributed by atoms with van der Waals surface area (Å²) in [5.74, 6) is 0. The third-order valence-corrected chi connectivity index (χ3v) is 6.84. The molecule has 0 aliphatic heterocycles. The molecule has 0 aliphatic rings. The van der Waals surface area contributed by atoms with Gasteiger partial charge in [0, 0.05) is 30.2 Å². The van der Waals surface area contributed by atoms with Gasteiger partial charge in [0.2, 0.25) is 10.0 Å². The quantitative estimate of drug-likeness (QED) is 0.132. The van der Waals surface area contributed by atoms with E-state index in [0.717, 1.165) is 28.2 Å². The zero-order valence-electron chi connectivity index (χ0n) is 22.0. The standard InChI is InChI=1S/C26H26N4O2S.C6H7N/c27-33(31,32)25-17-21(19-28-22-12-6-2-7-13-22)16-24(29-18-20-10-4-1-5-11-20)26(25)30-23-14-8-3-9-15-23;7-6-4-2-1-3-5-6/h1-17,28-30H,18-19H2,(H2,27,31,32);1-5H,7H2. The van der Waals surface area contributed by atoms with E-state index >= 15 is 0 Å². The summed E-state index contributed by atoms with van der Waals surface area (Å²) >= 11 is 0. The Kier molecular flexibility index (Phi) is 9.77. The predicted molar refractivity (Wildman–Crippen MR) is 166 cm³/mol. The zero-order valence-corrected chi connectivity index (χ0v) is 22.8. The number of benzene rings is 5. The highest BCUT2D eigenvalue weighted by molar-refractivity contribution is 7.89. The lowest BCUT2D eigenvalue weighted by atomic mass is 10.1. The Morgan fingerprint density at radius 2 is 1.07 bits per heavy atom. The molecule has 0 aromatic heterocycles. The van der Waals surface area contributed by atoms with Gasteiger partial charge in [-0.2, -0.15) is 0 Å². The number of nitrogen functional groups attached to an aromatic ring is 1. The number of primary sulfonamides is 1. The number of hydrogen-bond acceptors (Lipinski definition) is 6. The van der Waals surface area contributed by atoms with Crippen LogP contribution in [0.4, 0.5) is 28.4 Å². The maximum absolute atomic E-state index is 12.6. The Balaban J connectivity index is 0.000000461. The van der Waals surface area contributed by atoms with Crippen LogP contribution in [0.25, 0.3) is 0 Å². The van der Waals surface area contributed by atoms with Crippen LogP contribution in [0.5, 0.6) is 0 Å². The molecule has 0 amide bonds. The zero-order chi connectivity index (χ0) is 28.2. The maximum atomic E-state index is 12.6. The monoisotopic (exact) mass is 551 g/mol. The Bertz CT molecular complexity index is 1580. The van der Waals surface area contributed by atoms with Crippen LogP contribution in [0.2, 0.25) is 0 Å². The molecule has 8 heteroatoms. The second-order valence-corrected chi connectivity index (χ2v) is 10.6. The fourth-order valence-corrected chi connectivity index (χ4v) is 4.70. The second-order valence-electron chi connectivity index (χ2n) is 9.02. The van der Waals surface area contributed by atoms with Crippen LogP contribution in [0, 0.1) is 0 Å². The first kappa shape index (κ1) is 28.2. The molecule has 0 heterocycles. The Labute approximate surface area is 235 Å². The highest BCUT2D eigenvalue weighted by Crippen LogP contribution is 2.34. The smallest absolute Gasteiger partial charge is 0.240 e. The van der Waals surface area contributed by atoms with Gasteiger partial charge < -0.3 is 21.7 Å². The topological polar surface area (TPSA) is 122 Å². The average Bonchev–Trinajstić information content (AvgIpc) is 2.97. The molecule has 0 spiro atoms. The summed E-state index contributed by atoms with van der Waals surface area (Å²) in [6.45, 7) is 0.974. The van der Waals surface area contributed by atoms with Gasteiger partial charge >= 0.3 is 0 Å². The minimum atomic E-state index is -3.99. The third-order valence-electron chi connectivity index (χ3n) is 5.91. The van der Waals surface area contributed by atoms with Crippen molar-refractivity contribution in [1.82, 2.24) is 0 Å². The van der Waals surface area contributed by atoms with E-state index in [-0.39, 0.29) is 4.90 Å². The first-order chi connectivity index (χ1) is 19.4. The van der Waals surface area contributed by atoms with Crippen LogP contribution in [0.15, 0.2) is 138 Å². The molecule has 7 nitrogen and oxygen atoms in total. The molecule has 5 aromatic rings. The van der Waals surface area contributed by atoms with Gasteiger partial charge in [0.05, 0.1) is 11.4 Å². The van der Waals surface area contributed by atoms with Gasteiger partial charge in [0.1, 0.15) is 4.90 Å². The molecule has 0 radical (unpaired) electrons. The molecule has 0 fully saturated rings. The summed E-state index contributed by atoms with van der Waals surface area (Å²) in [7, 11) is -3.99. The molecule has 0 aliphatic carbocycles. The number of nitrogens with two attached hydrogens (primary N) is 2. The van der Waals surface area contributed by atoms with Crippen molar-refractivity contribution in [3.63, 3.8) is 0 Å². The molecule has 204 valence electrons. The number of sulfonamides is 1. The van der Waals surface area contributed by atoms with E-state index in [9.17, 15) is 8.42 Å². The predicted octanol–water partition coefficient (Wildman–Crippen LogP) is 6.57. The lowest BCUT2D eigenvalue weighted by Crippen LogP contribution is -2.17. The SMILES string of the molecule is NS(=O)(=O)c1cc(CNc2ccccc2)cc(NCc2ccccc2)c1Nc1ccccc1.Nc1ccccc1. The van der Waals surface area contributed by atoms with Gasteiger partial charge in [0.25, 0.3) is 0 Å². The Morgan fingerprint density at radius 3 is 1.60 bits per heavy atom. The minimum absolute atomic E-state index is 0.0364. The number of anilines is 5. The van der Waals surface area contributed by atoms with Crippen LogP contribution in [0.1, 0.15) is 11.1 Å². The summed E-state index contributed by atoms with van der Waals surface area (Å²) in [4.78, 5) is 0.0364. The van der Waals surface area contributed by atoms with Gasteiger partial charge in [-0.25, -0.2) is 13.6 Å². The van der Waals surface area contributed by atoms with Crippen molar-refractivity contribution < 1.29 is 8.42 Å². The maximum Gasteiger partial charge on any atom is 0.240 e. The lowest BCUT2D eigenvalue weighted by molar-refractivity contribution is 0.598. The van der Waals surface area contributed by atoms with E-state index in [1.807, 2.05) is 127 Å². The van der Waals surface area contributed by atoms with Crippen LogP contribution >= 0.6 is 0 Å². The van der Waals surface area contributed by atoms with Crippen molar-refractivity contribution in [2.45, 2.75) is 18.0 Å². The average molecular weight is 552 g/mol. The number of rotatable bonds is 9. The van der Waals surface area contributed by atoms with Crippen molar-refractivity contribution in [3.05, 3.63) is 145 Å². The second kappa shape index (κ2) is 13.8. The first-order valence-electron chi connectivity index (χ1n) is 12.8. The fourth-order valence-electron chi connectivity index (χ4n) is 3.94. The van der Waals surface area contributed by atoms with Crippen molar-refractivity contribution >= 4 is 38.5 Å². The molecule has 5 rings (SSSR count). The summed E-state index contributed by atoms with van der Waals surface area (Å²) in [5.41, 5.74) is 10.8. The van der Waals surface area contributed by atoms with Gasteiger partial charge in [-0.05, 0) is 59.7 Å². The molecule has 7 N–H and O–H groups in total. The molecule has 0 saturated carbocycles. The van der Waals surface area contributed by atoms with Crippen LogP contribution in [-0.2, 0) is 23.1 Å². The highest BCUT2D eigenvalue weighted by atomic mass is 32.2. The van der Waals surface area contributed by atoms with Gasteiger partial charge in [-0.1, -0.05) is 84.9 Å². The van der Waals surface area contributed by atoms with Crippen LogP contribution in [0.3, 0.4) is 0 Å². The van der Waals surface area contributed by atoms with E-state index < -0.39 is 10.0 Å². The van der Waals surface area contributed by atoms with Crippen molar-refractivity contribution in [2.75, 3.05) is 21.7 Å². The van der Waals surface area contributed by atoms with Gasteiger partial charge in [-0.15, -0.1) is 0 Å². The summed E-state index contributed by atoms with van der Waals surface area (Å²) in [5, 5.41) is 15.6. The number of hydrogen-bond donors (Lipinski definition) is 5. The molecule has 0 unspecified atom stereocenters. The third kappa shape index (κ3) is 8.62. The van der Waals surface area contributed by atoms with E-state index in [2.05, 4.69) is 16.0 Å². The molecular formula is C32H33N5O2S. The van der Waals surface area contributed by atoms with E-state index in [0.29, 0.717) is 24.5 Å². The van der Waals surface area contributed by atoms with Crippen LogP contribution in [-0.4, -0.2) is 8.42 Å². The molecule has 0 bridgehead atoms. The summed E-state index contributed by atoms with van der Waals surface area (Å²) in [6, 6.07) is 42.1. The highest BCUT2D eigenvalue weighted by Gasteiger charge is 2.20. The normalized spacial score (nSPS) is 10.6. The van der Waals surface area contributed by atoms with Crippen LogP contribution < -0.4 is 26.8 Å². The van der Waals surface area contributed by atoms with Gasteiger partial charge in [0.15, 0.2) is 0 Å². The van der Waals surface area contributed by atoms with Gasteiger partial charge in [-0.3, -0.25) is 0 Å². The fraction of sp³-hybridized carbons (Fsp3) is 0.0625. The van der Waals surface area contributed by atoms with E-state index in [1.165, 1.54) is 0 Å². The molecule has 5 aromatic carbocycles. The lowest BCUT2D eigenvalue weighted by Gasteiger charge is -2.19. The summed E-state index contributed by atoms with van der Waals surface area (Å²) < 4.78 is 25.2. The minimum Gasteiger partial charge on any atom is -0.399 e. The largest absolute Gasteiger partial charge is 0.399 e. The van der Waals surface area contributed by atoms with E-state index in [1.54, 1.807) is 6.07 Å². The Morgan fingerprint density at radius 1 is 0.575 bits per heavy atom. The van der Waals surface area contributed by atoms with Crippen molar-refractivity contribution in [3.8, 4) is 0 Å².